The molecule has 0 radical (unpaired) electrons. The zero-order valence-corrected chi connectivity index (χ0v) is 9.87. The molecular weight excluding hydrogens is 226 g/mol. The molecule has 3 rings (SSSR count). The predicted octanol–water partition coefficient (Wildman–Crippen LogP) is 2.42. The van der Waals surface area contributed by atoms with Gasteiger partial charge in [0.2, 0.25) is 6.23 Å². The molecule has 3 nitrogen and oxygen atoms in total. The Bertz CT molecular complexity index is 572. The molecule has 2 aliphatic heterocycles. The second-order valence-electron chi connectivity index (χ2n) is 4.43. The van der Waals surface area contributed by atoms with Gasteiger partial charge in [0.25, 0.3) is 0 Å². The van der Waals surface area contributed by atoms with Gasteiger partial charge in [-0.2, -0.15) is 0 Å². The van der Waals surface area contributed by atoms with Crippen LogP contribution in [0.15, 0.2) is 41.9 Å². The van der Waals surface area contributed by atoms with E-state index in [9.17, 15) is 4.79 Å². The van der Waals surface area contributed by atoms with Gasteiger partial charge in [0.05, 0.1) is 5.92 Å². The van der Waals surface area contributed by atoms with E-state index in [1.54, 1.807) is 18.4 Å². The average molecular weight is 239 g/mol. The number of hydrogen-bond acceptors (Lipinski definition) is 3. The summed E-state index contributed by atoms with van der Waals surface area (Å²) in [6.45, 7) is 3.73. The van der Waals surface area contributed by atoms with Gasteiger partial charge in [-0.15, -0.1) is 0 Å². The maximum Gasteiger partial charge on any atom is 0.202 e. The first-order valence-corrected chi connectivity index (χ1v) is 5.92. The summed E-state index contributed by atoms with van der Waals surface area (Å²) >= 11 is 0. The Morgan fingerprint density at radius 2 is 2.33 bits per heavy atom. The third kappa shape index (κ3) is 1.78. The van der Waals surface area contributed by atoms with E-state index in [1.165, 1.54) is 0 Å². The van der Waals surface area contributed by atoms with Crippen LogP contribution in [-0.4, -0.2) is 18.2 Å². The molecule has 18 heavy (non-hydrogen) atoms. The van der Waals surface area contributed by atoms with Crippen molar-refractivity contribution in [2.24, 2.45) is 10.9 Å². The summed E-state index contributed by atoms with van der Waals surface area (Å²) in [6.07, 6.45) is 7.07. The minimum absolute atomic E-state index is 0.146. The number of ketones is 1. The number of allylic oxidation sites excluding steroid dienone is 1. The third-order valence-electron chi connectivity index (χ3n) is 3.25. The number of hydrogen-bond donors (Lipinski definition) is 0. The first-order valence-electron chi connectivity index (χ1n) is 5.92. The number of carbonyl (C=O) groups excluding carboxylic acids is 1. The Hall–Kier alpha value is -2.16. The van der Waals surface area contributed by atoms with Crippen LogP contribution in [0.1, 0.15) is 11.1 Å². The topological polar surface area (TPSA) is 38.7 Å². The van der Waals surface area contributed by atoms with Crippen molar-refractivity contribution in [2.45, 2.75) is 12.6 Å². The molecule has 2 unspecified atom stereocenters. The van der Waals surface area contributed by atoms with Crippen molar-refractivity contribution in [3.05, 3.63) is 48.1 Å². The highest BCUT2D eigenvalue weighted by molar-refractivity contribution is 5.89. The van der Waals surface area contributed by atoms with Crippen LogP contribution in [0.4, 0.5) is 0 Å². The maximum atomic E-state index is 12.2. The van der Waals surface area contributed by atoms with Gasteiger partial charge < -0.3 is 4.74 Å². The molecule has 0 aromatic heterocycles. The van der Waals surface area contributed by atoms with Crippen molar-refractivity contribution in [3.8, 4) is 5.75 Å². The van der Waals surface area contributed by atoms with Gasteiger partial charge >= 0.3 is 0 Å². The largest absolute Gasteiger partial charge is 0.467 e. The second kappa shape index (κ2) is 4.26. The lowest BCUT2D eigenvalue weighted by Gasteiger charge is -2.20. The van der Waals surface area contributed by atoms with E-state index in [1.807, 2.05) is 24.3 Å². The predicted molar refractivity (Wildman–Crippen MR) is 70.8 cm³/mol. The molecular formula is C15H13NO2. The molecule has 2 atom stereocenters. The zero-order valence-electron chi connectivity index (χ0n) is 9.87. The highest BCUT2D eigenvalue weighted by atomic mass is 16.5. The van der Waals surface area contributed by atoms with Crippen LogP contribution in [0.2, 0.25) is 0 Å². The zero-order chi connectivity index (χ0) is 12.5. The van der Waals surface area contributed by atoms with E-state index < -0.39 is 6.23 Å². The molecule has 0 aliphatic carbocycles. The van der Waals surface area contributed by atoms with E-state index in [0.29, 0.717) is 6.42 Å². The van der Waals surface area contributed by atoms with Crippen molar-refractivity contribution in [1.82, 2.24) is 0 Å². The smallest absolute Gasteiger partial charge is 0.202 e. The quantitative estimate of drug-likeness (QED) is 0.755. The van der Waals surface area contributed by atoms with E-state index in [2.05, 4.69) is 11.6 Å². The lowest BCUT2D eigenvalue weighted by Crippen LogP contribution is -2.30. The van der Waals surface area contributed by atoms with Crippen LogP contribution in [0, 0.1) is 5.92 Å². The monoisotopic (exact) mass is 239 g/mol. The number of rotatable bonds is 1. The van der Waals surface area contributed by atoms with E-state index in [-0.39, 0.29) is 11.7 Å². The van der Waals surface area contributed by atoms with Crippen molar-refractivity contribution < 1.29 is 9.53 Å². The van der Waals surface area contributed by atoms with Gasteiger partial charge in [-0.1, -0.05) is 24.8 Å². The van der Waals surface area contributed by atoms with Gasteiger partial charge in [-0.25, -0.2) is 4.99 Å². The summed E-state index contributed by atoms with van der Waals surface area (Å²) < 4.78 is 5.83. The molecule has 2 aliphatic rings. The standard InChI is InChI=1S/C15H13NO2/c1-2-10-5-6-14-11(8-10)9-13(17)12-4-3-7-16-15(12)18-14/h2-8,12,15H,1,9H2. The molecule has 1 aromatic carbocycles. The van der Waals surface area contributed by atoms with Crippen molar-refractivity contribution in [2.75, 3.05) is 0 Å². The highest BCUT2D eigenvalue weighted by Crippen LogP contribution is 2.30. The van der Waals surface area contributed by atoms with E-state index in [0.717, 1.165) is 16.9 Å². The number of carbonyl (C=O) groups is 1. The Morgan fingerprint density at radius 1 is 1.44 bits per heavy atom. The molecule has 0 saturated heterocycles. The molecule has 3 heteroatoms. The number of fused-ring (bicyclic) bond motifs is 2. The molecule has 2 heterocycles. The summed E-state index contributed by atoms with van der Waals surface area (Å²) in [6, 6.07) is 5.76. The molecule has 0 saturated carbocycles. The number of Topliss-reactive ketones (excluding diaryl/α,β-unsaturated/α-hetero) is 1. The molecule has 0 fully saturated rings. The van der Waals surface area contributed by atoms with Crippen molar-refractivity contribution in [3.63, 3.8) is 0 Å². The maximum absolute atomic E-state index is 12.2. The van der Waals surface area contributed by atoms with Crippen LogP contribution >= 0.6 is 0 Å². The number of aliphatic imine (C=N–C) groups is 1. The number of ether oxygens (including phenoxy) is 1. The van der Waals surface area contributed by atoms with Crippen molar-refractivity contribution >= 4 is 18.1 Å². The first-order chi connectivity index (χ1) is 8.78. The third-order valence-corrected chi connectivity index (χ3v) is 3.25. The summed E-state index contributed by atoms with van der Waals surface area (Å²) in [5.41, 5.74) is 1.91. The van der Waals surface area contributed by atoms with Crippen LogP contribution in [0.3, 0.4) is 0 Å². The SMILES string of the molecule is C=Cc1ccc2c(c1)CC(=O)C1C=CC=NC1O2. The Kier molecular flexibility index (Phi) is 2.59. The van der Waals surface area contributed by atoms with Gasteiger partial charge in [0.15, 0.2) is 0 Å². The molecule has 90 valence electrons. The fourth-order valence-corrected chi connectivity index (χ4v) is 2.28. The van der Waals surface area contributed by atoms with Crippen LogP contribution < -0.4 is 4.74 Å². The second-order valence-corrected chi connectivity index (χ2v) is 4.43. The Morgan fingerprint density at radius 3 is 3.17 bits per heavy atom. The minimum atomic E-state index is -0.418. The molecule has 0 amide bonds. The summed E-state index contributed by atoms with van der Waals surface area (Å²) in [4.78, 5) is 16.4. The van der Waals surface area contributed by atoms with Gasteiger partial charge in [-0.05, 0) is 23.8 Å². The fraction of sp³-hybridized carbons (Fsp3) is 0.200. The van der Waals surface area contributed by atoms with E-state index >= 15 is 0 Å². The van der Waals surface area contributed by atoms with Crippen molar-refractivity contribution in [1.29, 1.82) is 0 Å². The summed E-state index contributed by atoms with van der Waals surface area (Å²) in [7, 11) is 0. The fourth-order valence-electron chi connectivity index (χ4n) is 2.28. The lowest BCUT2D eigenvalue weighted by molar-refractivity contribution is -0.122. The first kappa shape index (κ1) is 11.0. The Balaban J connectivity index is 2.03. The molecule has 0 bridgehead atoms. The van der Waals surface area contributed by atoms with Crippen LogP contribution in [0.5, 0.6) is 5.75 Å². The van der Waals surface area contributed by atoms with Crippen LogP contribution in [-0.2, 0) is 11.2 Å². The molecule has 0 N–H and O–H groups in total. The number of benzene rings is 1. The number of dihydropyridines is 1. The van der Waals surface area contributed by atoms with Gasteiger partial charge in [0, 0.05) is 18.2 Å². The summed E-state index contributed by atoms with van der Waals surface area (Å²) in [5, 5.41) is 0. The Labute approximate surface area is 105 Å². The highest BCUT2D eigenvalue weighted by Gasteiger charge is 2.32. The molecule has 0 spiro atoms. The van der Waals surface area contributed by atoms with E-state index in [4.69, 9.17) is 4.74 Å². The average Bonchev–Trinajstić information content (AvgIpc) is 2.54. The van der Waals surface area contributed by atoms with Gasteiger partial charge in [0.1, 0.15) is 11.5 Å². The lowest BCUT2D eigenvalue weighted by atomic mass is 9.95. The number of nitrogens with zero attached hydrogens (tertiary/aromatic N) is 1. The van der Waals surface area contributed by atoms with Gasteiger partial charge in [-0.3, -0.25) is 4.79 Å². The normalized spacial score (nSPS) is 24.8. The summed E-state index contributed by atoms with van der Waals surface area (Å²) in [5.74, 6) is 0.622. The van der Waals surface area contributed by atoms with Crippen LogP contribution in [0.25, 0.3) is 6.08 Å². The molecule has 1 aromatic rings. The minimum Gasteiger partial charge on any atom is -0.467 e.